The van der Waals surface area contributed by atoms with Gasteiger partial charge in [-0.3, -0.25) is 9.78 Å². The summed E-state index contributed by atoms with van der Waals surface area (Å²) in [5, 5.41) is 9.07. The Bertz CT molecular complexity index is 523. The van der Waals surface area contributed by atoms with E-state index in [0.717, 1.165) is 11.1 Å². The van der Waals surface area contributed by atoms with Crippen LogP contribution in [-0.4, -0.2) is 16.1 Å². The number of aromatic nitrogens is 1. The number of carboxylic acid groups (broad SMARTS) is 1. The number of aliphatic carboxylic acids is 1. The molecule has 2 rings (SSSR count). The van der Waals surface area contributed by atoms with Crippen LogP contribution in [0.25, 0.3) is 11.1 Å². The highest BCUT2D eigenvalue weighted by Gasteiger charge is 2.19. The van der Waals surface area contributed by atoms with Crippen LogP contribution in [-0.2, 0) is 4.79 Å². The van der Waals surface area contributed by atoms with E-state index in [1.54, 1.807) is 13.1 Å². The molecule has 0 amide bonds. The summed E-state index contributed by atoms with van der Waals surface area (Å²) >= 11 is 0. The van der Waals surface area contributed by atoms with Gasteiger partial charge in [-0.1, -0.05) is 36.4 Å². The predicted molar refractivity (Wildman–Crippen MR) is 65.7 cm³/mol. The van der Waals surface area contributed by atoms with Gasteiger partial charge in [-0.2, -0.15) is 0 Å². The quantitative estimate of drug-likeness (QED) is 0.877. The lowest BCUT2D eigenvalue weighted by atomic mass is 9.97. The molecule has 0 fully saturated rings. The molecule has 86 valence electrons. The molecule has 0 bridgehead atoms. The van der Waals surface area contributed by atoms with Crippen molar-refractivity contribution in [3.05, 3.63) is 54.4 Å². The Kier molecular flexibility index (Phi) is 3.19. The molecule has 0 aliphatic carbocycles. The first-order chi connectivity index (χ1) is 8.20. The highest BCUT2D eigenvalue weighted by molar-refractivity contribution is 5.79. The molecule has 0 radical (unpaired) electrons. The van der Waals surface area contributed by atoms with Crippen molar-refractivity contribution in [1.29, 1.82) is 0 Å². The zero-order valence-electron chi connectivity index (χ0n) is 9.50. The minimum absolute atomic E-state index is 0.603. The van der Waals surface area contributed by atoms with Gasteiger partial charge in [0.2, 0.25) is 0 Å². The van der Waals surface area contributed by atoms with Gasteiger partial charge in [0, 0.05) is 11.8 Å². The second kappa shape index (κ2) is 4.78. The zero-order chi connectivity index (χ0) is 12.3. The Morgan fingerprint density at radius 3 is 2.53 bits per heavy atom. The Labute approximate surface area is 99.8 Å². The van der Waals surface area contributed by atoms with Crippen molar-refractivity contribution < 1.29 is 9.90 Å². The summed E-state index contributed by atoms with van der Waals surface area (Å²) in [6.45, 7) is 1.65. The van der Waals surface area contributed by atoms with Crippen LogP contribution >= 0.6 is 0 Å². The molecule has 17 heavy (non-hydrogen) atoms. The SMILES string of the molecule is CC(C(=O)O)c1ncccc1-c1ccccc1. The lowest BCUT2D eigenvalue weighted by Crippen LogP contribution is -2.10. The van der Waals surface area contributed by atoms with Gasteiger partial charge in [0.25, 0.3) is 0 Å². The van der Waals surface area contributed by atoms with Crippen molar-refractivity contribution in [3.63, 3.8) is 0 Å². The molecular weight excluding hydrogens is 214 g/mol. The molecule has 0 spiro atoms. The lowest BCUT2D eigenvalue weighted by molar-refractivity contribution is -0.138. The Morgan fingerprint density at radius 1 is 1.18 bits per heavy atom. The largest absolute Gasteiger partial charge is 0.481 e. The van der Waals surface area contributed by atoms with Crippen LogP contribution in [0.2, 0.25) is 0 Å². The maximum Gasteiger partial charge on any atom is 0.312 e. The lowest BCUT2D eigenvalue weighted by Gasteiger charge is -2.11. The van der Waals surface area contributed by atoms with Gasteiger partial charge in [0.15, 0.2) is 0 Å². The molecule has 1 atom stereocenters. The molecule has 1 aromatic heterocycles. The molecule has 0 saturated carbocycles. The summed E-state index contributed by atoms with van der Waals surface area (Å²) in [6.07, 6.45) is 1.63. The van der Waals surface area contributed by atoms with E-state index in [9.17, 15) is 4.79 Å². The Morgan fingerprint density at radius 2 is 1.88 bits per heavy atom. The number of benzene rings is 1. The second-order valence-electron chi connectivity index (χ2n) is 3.86. The number of carboxylic acids is 1. The van der Waals surface area contributed by atoms with Crippen molar-refractivity contribution in [3.8, 4) is 11.1 Å². The number of hydrogen-bond acceptors (Lipinski definition) is 2. The standard InChI is InChI=1S/C14H13NO2/c1-10(14(16)17)13-12(8-5-9-15-13)11-6-3-2-4-7-11/h2-10H,1H3,(H,16,17). The molecule has 3 nitrogen and oxygen atoms in total. The topological polar surface area (TPSA) is 50.2 Å². The van der Waals surface area contributed by atoms with E-state index in [-0.39, 0.29) is 0 Å². The first-order valence-electron chi connectivity index (χ1n) is 5.43. The maximum atomic E-state index is 11.0. The van der Waals surface area contributed by atoms with E-state index in [1.807, 2.05) is 42.5 Å². The van der Waals surface area contributed by atoms with Crippen molar-refractivity contribution in [2.75, 3.05) is 0 Å². The van der Waals surface area contributed by atoms with Crippen LogP contribution in [0.15, 0.2) is 48.7 Å². The number of nitrogens with zero attached hydrogens (tertiary/aromatic N) is 1. The van der Waals surface area contributed by atoms with Crippen LogP contribution in [0.1, 0.15) is 18.5 Å². The van der Waals surface area contributed by atoms with Gasteiger partial charge in [0.05, 0.1) is 11.6 Å². The summed E-state index contributed by atoms with van der Waals surface area (Å²) < 4.78 is 0. The van der Waals surface area contributed by atoms with E-state index in [0.29, 0.717) is 5.69 Å². The maximum absolute atomic E-state index is 11.0. The van der Waals surface area contributed by atoms with Gasteiger partial charge in [-0.05, 0) is 18.6 Å². The molecular formula is C14H13NO2. The highest BCUT2D eigenvalue weighted by atomic mass is 16.4. The monoisotopic (exact) mass is 227 g/mol. The van der Waals surface area contributed by atoms with Gasteiger partial charge in [0.1, 0.15) is 0 Å². The summed E-state index contributed by atoms with van der Waals surface area (Å²) in [5.74, 6) is -1.47. The minimum Gasteiger partial charge on any atom is -0.481 e. The summed E-state index contributed by atoms with van der Waals surface area (Å²) in [4.78, 5) is 15.2. The fourth-order valence-corrected chi connectivity index (χ4v) is 1.74. The van der Waals surface area contributed by atoms with Crippen molar-refractivity contribution in [2.45, 2.75) is 12.8 Å². The number of carbonyl (C=O) groups is 1. The van der Waals surface area contributed by atoms with Crippen LogP contribution in [0.3, 0.4) is 0 Å². The second-order valence-corrected chi connectivity index (χ2v) is 3.86. The normalized spacial score (nSPS) is 12.1. The van der Waals surface area contributed by atoms with Gasteiger partial charge in [-0.25, -0.2) is 0 Å². The molecule has 0 aliphatic rings. The first-order valence-corrected chi connectivity index (χ1v) is 5.43. The molecule has 2 aromatic rings. The molecule has 1 heterocycles. The third-order valence-electron chi connectivity index (χ3n) is 2.70. The Hall–Kier alpha value is -2.16. The smallest absolute Gasteiger partial charge is 0.312 e. The van der Waals surface area contributed by atoms with Crippen LogP contribution < -0.4 is 0 Å². The predicted octanol–water partition coefficient (Wildman–Crippen LogP) is 2.94. The van der Waals surface area contributed by atoms with E-state index >= 15 is 0 Å². The summed E-state index contributed by atoms with van der Waals surface area (Å²) in [7, 11) is 0. The van der Waals surface area contributed by atoms with Crippen molar-refractivity contribution in [1.82, 2.24) is 4.98 Å². The summed E-state index contributed by atoms with van der Waals surface area (Å²) in [6, 6.07) is 13.4. The van der Waals surface area contributed by atoms with E-state index in [1.165, 1.54) is 0 Å². The number of rotatable bonds is 3. The van der Waals surface area contributed by atoms with Gasteiger partial charge in [-0.15, -0.1) is 0 Å². The van der Waals surface area contributed by atoms with E-state index < -0.39 is 11.9 Å². The fourth-order valence-electron chi connectivity index (χ4n) is 1.74. The van der Waals surface area contributed by atoms with Crippen LogP contribution in [0.5, 0.6) is 0 Å². The third-order valence-corrected chi connectivity index (χ3v) is 2.70. The van der Waals surface area contributed by atoms with Crippen molar-refractivity contribution in [2.24, 2.45) is 0 Å². The van der Waals surface area contributed by atoms with E-state index in [4.69, 9.17) is 5.11 Å². The molecule has 3 heteroatoms. The molecule has 0 aliphatic heterocycles. The van der Waals surface area contributed by atoms with Crippen LogP contribution in [0.4, 0.5) is 0 Å². The van der Waals surface area contributed by atoms with Crippen molar-refractivity contribution >= 4 is 5.97 Å². The Balaban J connectivity index is 2.52. The molecule has 1 N–H and O–H groups in total. The average Bonchev–Trinajstić information content (AvgIpc) is 2.39. The van der Waals surface area contributed by atoms with Gasteiger partial charge >= 0.3 is 5.97 Å². The third kappa shape index (κ3) is 2.33. The highest BCUT2D eigenvalue weighted by Crippen LogP contribution is 2.27. The molecule has 0 saturated heterocycles. The fraction of sp³-hybridized carbons (Fsp3) is 0.143. The van der Waals surface area contributed by atoms with Crippen LogP contribution in [0, 0.1) is 0 Å². The number of pyridine rings is 1. The minimum atomic E-state index is -0.860. The van der Waals surface area contributed by atoms with Gasteiger partial charge < -0.3 is 5.11 Å². The number of hydrogen-bond donors (Lipinski definition) is 1. The summed E-state index contributed by atoms with van der Waals surface area (Å²) in [5.41, 5.74) is 2.47. The first kappa shape index (κ1) is 11.3. The average molecular weight is 227 g/mol. The molecule has 1 unspecified atom stereocenters. The van der Waals surface area contributed by atoms with E-state index in [2.05, 4.69) is 4.98 Å². The zero-order valence-corrected chi connectivity index (χ0v) is 9.50. The molecule has 1 aromatic carbocycles.